The van der Waals surface area contributed by atoms with Crippen molar-refractivity contribution >= 4 is 16.3 Å². The van der Waals surface area contributed by atoms with Crippen LogP contribution in [-0.4, -0.2) is 29.8 Å². The quantitative estimate of drug-likeness (QED) is 0.718. The molecule has 18 heavy (non-hydrogen) atoms. The van der Waals surface area contributed by atoms with Crippen LogP contribution < -0.4 is 0 Å². The standard InChI is InChI=1S/C11H12N6S/c1-7(2)5-9-14-15-11-17(9)16-10(18-11)8-6-12-3-4-13-8/h3-4,6-7H,5H2,1-2H3. The Balaban J connectivity index is 2.04. The molecule has 0 aliphatic rings. The highest BCUT2D eigenvalue weighted by Gasteiger charge is 2.14. The molecule has 0 amide bonds. The Morgan fingerprint density at radius 2 is 2.17 bits per heavy atom. The molecule has 92 valence electrons. The molecule has 0 bridgehead atoms. The summed E-state index contributed by atoms with van der Waals surface area (Å²) in [5.74, 6) is 1.42. The second-order valence-corrected chi connectivity index (χ2v) is 5.36. The third kappa shape index (κ3) is 1.97. The summed E-state index contributed by atoms with van der Waals surface area (Å²) in [6.45, 7) is 4.30. The van der Waals surface area contributed by atoms with E-state index >= 15 is 0 Å². The fourth-order valence-electron chi connectivity index (χ4n) is 1.66. The van der Waals surface area contributed by atoms with Gasteiger partial charge in [-0.2, -0.15) is 9.61 Å². The number of hydrogen-bond donors (Lipinski definition) is 0. The van der Waals surface area contributed by atoms with Crippen LogP contribution in [0.2, 0.25) is 0 Å². The van der Waals surface area contributed by atoms with E-state index in [0.717, 1.165) is 27.9 Å². The number of hydrogen-bond acceptors (Lipinski definition) is 6. The van der Waals surface area contributed by atoms with Gasteiger partial charge < -0.3 is 0 Å². The summed E-state index contributed by atoms with van der Waals surface area (Å²) in [7, 11) is 0. The molecule has 0 saturated carbocycles. The maximum Gasteiger partial charge on any atom is 0.235 e. The van der Waals surface area contributed by atoms with E-state index in [0.29, 0.717) is 5.92 Å². The van der Waals surface area contributed by atoms with E-state index in [1.807, 2.05) is 0 Å². The van der Waals surface area contributed by atoms with Gasteiger partial charge in [0.1, 0.15) is 5.69 Å². The predicted molar refractivity (Wildman–Crippen MR) is 68.2 cm³/mol. The first-order valence-corrected chi connectivity index (χ1v) is 6.53. The average Bonchev–Trinajstić information content (AvgIpc) is 2.92. The molecule has 0 aliphatic carbocycles. The molecule has 0 unspecified atom stereocenters. The van der Waals surface area contributed by atoms with Gasteiger partial charge in [-0.1, -0.05) is 25.2 Å². The Hall–Kier alpha value is -1.89. The summed E-state index contributed by atoms with van der Waals surface area (Å²) in [6.07, 6.45) is 5.87. The third-order valence-electron chi connectivity index (χ3n) is 2.43. The molecule has 7 heteroatoms. The second-order valence-electron chi connectivity index (χ2n) is 4.41. The number of nitrogens with zero attached hydrogens (tertiary/aromatic N) is 6. The topological polar surface area (TPSA) is 68.9 Å². The number of rotatable bonds is 3. The van der Waals surface area contributed by atoms with Crippen molar-refractivity contribution in [1.29, 1.82) is 0 Å². The van der Waals surface area contributed by atoms with Gasteiger partial charge in [-0.15, -0.1) is 10.2 Å². The lowest BCUT2D eigenvalue weighted by Gasteiger charge is -1.99. The average molecular weight is 260 g/mol. The highest BCUT2D eigenvalue weighted by Crippen LogP contribution is 2.23. The lowest BCUT2D eigenvalue weighted by molar-refractivity contribution is 0.607. The van der Waals surface area contributed by atoms with Crippen molar-refractivity contribution in [3.63, 3.8) is 0 Å². The van der Waals surface area contributed by atoms with Crippen LogP contribution in [0.3, 0.4) is 0 Å². The van der Waals surface area contributed by atoms with Crippen molar-refractivity contribution in [2.45, 2.75) is 20.3 Å². The summed E-state index contributed by atoms with van der Waals surface area (Å²) < 4.78 is 1.80. The first kappa shape index (κ1) is 11.2. The van der Waals surface area contributed by atoms with Crippen LogP contribution in [0.1, 0.15) is 19.7 Å². The van der Waals surface area contributed by atoms with E-state index in [-0.39, 0.29) is 0 Å². The van der Waals surface area contributed by atoms with Gasteiger partial charge in [0.2, 0.25) is 4.96 Å². The zero-order valence-electron chi connectivity index (χ0n) is 10.1. The molecular weight excluding hydrogens is 248 g/mol. The van der Waals surface area contributed by atoms with Crippen molar-refractivity contribution < 1.29 is 0 Å². The summed E-state index contributed by atoms with van der Waals surface area (Å²) in [5.41, 5.74) is 0.767. The van der Waals surface area contributed by atoms with Crippen molar-refractivity contribution in [3.8, 4) is 10.7 Å². The maximum absolute atomic E-state index is 4.50. The van der Waals surface area contributed by atoms with Gasteiger partial charge in [0.05, 0.1) is 6.20 Å². The zero-order chi connectivity index (χ0) is 12.5. The summed E-state index contributed by atoms with van der Waals surface area (Å²) in [6, 6.07) is 0. The molecule has 0 atom stereocenters. The third-order valence-corrected chi connectivity index (χ3v) is 3.35. The van der Waals surface area contributed by atoms with Gasteiger partial charge in [0.15, 0.2) is 10.8 Å². The minimum absolute atomic E-state index is 0.527. The van der Waals surface area contributed by atoms with Crippen molar-refractivity contribution in [1.82, 2.24) is 29.8 Å². The fraction of sp³-hybridized carbons (Fsp3) is 0.364. The molecule has 0 N–H and O–H groups in total. The Morgan fingerprint density at radius 1 is 1.28 bits per heavy atom. The van der Waals surface area contributed by atoms with Crippen LogP contribution in [0.4, 0.5) is 0 Å². The molecule has 0 radical (unpaired) electrons. The maximum atomic E-state index is 4.50. The van der Waals surface area contributed by atoms with E-state index in [1.54, 1.807) is 23.1 Å². The summed E-state index contributed by atoms with van der Waals surface area (Å²) in [5, 5.41) is 13.6. The van der Waals surface area contributed by atoms with Gasteiger partial charge in [0.25, 0.3) is 0 Å². The molecule has 0 fully saturated rings. The highest BCUT2D eigenvalue weighted by atomic mass is 32.1. The van der Waals surface area contributed by atoms with Gasteiger partial charge in [-0.3, -0.25) is 9.97 Å². The molecule has 0 saturated heterocycles. The van der Waals surface area contributed by atoms with Crippen LogP contribution in [0.25, 0.3) is 15.7 Å². The van der Waals surface area contributed by atoms with E-state index in [4.69, 9.17) is 0 Å². The van der Waals surface area contributed by atoms with E-state index < -0.39 is 0 Å². The zero-order valence-corrected chi connectivity index (χ0v) is 10.9. The van der Waals surface area contributed by atoms with E-state index in [2.05, 4.69) is 39.1 Å². The van der Waals surface area contributed by atoms with E-state index in [1.165, 1.54) is 11.3 Å². The van der Waals surface area contributed by atoms with Gasteiger partial charge >= 0.3 is 0 Å². The van der Waals surface area contributed by atoms with Crippen LogP contribution >= 0.6 is 11.3 Å². The first-order chi connectivity index (χ1) is 8.74. The Labute approximate surface area is 108 Å². The Kier molecular flexibility index (Phi) is 2.75. The summed E-state index contributed by atoms with van der Waals surface area (Å²) >= 11 is 1.47. The van der Waals surface area contributed by atoms with Crippen LogP contribution in [0, 0.1) is 5.92 Å². The normalized spacial score (nSPS) is 11.5. The second kappa shape index (κ2) is 4.41. The van der Waals surface area contributed by atoms with Crippen molar-refractivity contribution in [2.24, 2.45) is 5.92 Å². The molecule has 0 aliphatic heterocycles. The van der Waals surface area contributed by atoms with Crippen molar-refractivity contribution in [2.75, 3.05) is 0 Å². The van der Waals surface area contributed by atoms with Gasteiger partial charge in [-0.05, 0) is 5.92 Å². The molecule has 0 aromatic carbocycles. The minimum Gasteiger partial charge on any atom is -0.261 e. The van der Waals surface area contributed by atoms with Crippen LogP contribution in [0.15, 0.2) is 18.6 Å². The van der Waals surface area contributed by atoms with Crippen LogP contribution in [-0.2, 0) is 6.42 Å². The smallest absolute Gasteiger partial charge is 0.235 e. The number of fused-ring (bicyclic) bond motifs is 1. The molecule has 0 spiro atoms. The predicted octanol–water partition coefficient (Wildman–Crippen LogP) is 1.84. The summed E-state index contributed by atoms with van der Waals surface area (Å²) in [4.78, 5) is 9.08. The minimum atomic E-state index is 0.527. The lowest BCUT2D eigenvalue weighted by atomic mass is 10.1. The van der Waals surface area contributed by atoms with Crippen LogP contribution in [0.5, 0.6) is 0 Å². The molecule has 3 rings (SSSR count). The molecular formula is C11H12N6S. The number of aromatic nitrogens is 6. The van der Waals surface area contributed by atoms with Gasteiger partial charge in [0, 0.05) is 18.8 Å². The monoisotopic (exact) mass is 260 g/mol. The fourth-order valence-corrected chi connectivity index (χ4v) is 2.48. The molecule has 3 aromatic heterocycles. The Morgan fingerprint density at radius 3 is 2.89 bits per heavy atom. The van der Waals surface area contributed by atoms with Gasteiger partial charge in [-0.25, -0.2) is 0 Å². The van der Waals surface area contributed by atoms with E-state index in [9.17, 15) is 0 Å². The largest absolute Gasteiger partial charge is 0.261 e. The first-order valence-electron chi connectivity index (χ1n) is 5.71. The molecule has 3 heterocycles. The molecule has 3 aromatic rings. The Bertz CT molecular complexity index is 657. The SMILES string of the molecule is CC(C)Cc1nnc2sc(-c3cnccn3)nn12. The molecule has 6 nitrogen and oxygen atoms in total. The van der Waals surface area contributed by atoms with Crippen molar-refractivity contribution in [3.05, 3.63) is 24.4 Å². The highest BCUT2D eigenvalue weighted by molar-refractivity contribution is 7.19. The lowest BCUT2D eigenvalue weighted by Crippen LogP contribution is -2.01.